The minimum Gasteiger partial charge on any atom is -0.489 e. The zero-order valence-electron chi connectivity index (χ0n) is 15.6. The second-order valence-electron chi connectivity index (χ2n) is 6.77. The lowest BCUT2D eigenvalue weighted by Gasteiger charge is -2.11. The van der Waals surface area contributed by atoms with E-state index in [1.807, 2.05) is 48.7 Å². The van der Waals surface area contributed by atoms with Crippen molar-refractivity contribution in [2.24, 2.45) is 4.99 Å². The third-order valence-electron chi connectivity index (χ3n) is 4.34. The van der Waals surface area contributed by atoms with Gasteiger partial charge < -0.3 is 4.74 Å². The van der Waals surface area contributed by atoms with Crippen molar-refractivity contribution in [1.82, 2.24) is 0 Å². The van der Waals surface area contributed by atoms with Crippen LogP contribution in [0, 0.1) is 6.92 Å². The lowest BCUT2D eigenvalue weighted by molar-refractivity contribution is 0.306. The molecule has 0 saturated carbocycles. The van der Waals surface area contributed by atoms with Crippen LogP contribution in [0.2, 0.25) is 0 Å². The van der Waals surface area contributed by atoms with E-state index in [0.29, 0.717) is 12.5 Å². The first kappa shape index (κ1) is 17.9. The smallest absolute Gasteiger partial charge is 0.120 e. The normalized spacial score (nSPS) is 11.2. The van der Waals surface area contributed by atoms with Crippen LogP contribution in [0.3, 0.4) is 0 Å². The van der Waals surface area contributed by atoms with Crippen molar-refractivity contribution in [3.63, 3.8) is 0 Å². The van der Waals surface area contributed by atoms with Crippen LogP contribution in [0.15, 0.2) is 77.8 Å². The molecule has 2 nitrogen and oxygen atoms in total. The monoisotopic (exact) mass is 343 g/mol. The van der Waals surface area contributed by atoms with E-state index >= 15 is 0 Å². The van der Waals surface area contributed by atoms with Gasteiger partial charge in [-0.1, -0.05) is 74.5 Å². The van der Waals surface area contributed by atoms with E-state index in [9.17, 15) is 0 Å². The van der Waals surface area contributed by atoms with Gasteiger partial charge in [-0.3, -0.25) is 4.99 Å². The molecule has 132 valence electrons. The van der Waals surface area contributed by atoms with Crippen LogP contribution in [-0.4, -0.2) is 6.21 Å². The summed E-state index contributed by atoms with van der Waals surface area (Å²) >= 11 is 0. The highest BCUT2D eigenvalue weighted by molar-refractivity contribution is 5.83. The van der Waals surface area contributed by atoms with Crippen LogP contribution >= 0.6 is 0 Å². The van der Waals surface area contributed by atoms with Crippen molar-refractivity contribution in [2.75, 3.05) is 0 Å². The first-order valence-electron chi connectivity index (χ1n) is 9.04. The van der Waals surface area contributed by atoms with E-state index < -0.39 is 0 Å². The number of hydrogen-bond acceptors (Lipinski definition) is 2. The quantitative estimate of drug-likeness (QED) is 0.471. The van der Waals surface area contributed by atoms with E-state index in [1.54, 1.807) is 0 Å². The SMILES string of the molecule is Cc1cccc(C(C)C)c1N=Cc1cccc(OCc2ccccc2)c1. The molecule has 3 aromatic carbocycles. The third kappa shape index (κ3) is 4.60. The van der Waals surface area contributed by atoms with Crippen molar-refractivity contribution in [2.45, 2.75) is 33.3 Å². The van der Waals surface area contributed by atoms with Gasteiger partial charge in [-0.25, -0.2) is 0 Å². The number of hydrogen-bond donors (Lipinski definition) is 0. The number of para-hydroxylation sites is 1. The third-order valence-corrected chi connectivity index (χ3v) is 4.34. The molecule has 0 radical (unpaired) electrons. The predicted octanol–water partition coefficient (Wildman–Crippen LogP) is 6.45. The first-order valence-corrected chi connectivity index (χ1v) is 9.04. The standard InChI is InChI=1S/C24H25NO/c1-18(2)23-14-7-9-19(3)24(23)25-16-21-12-8-13-22(15-21)26-17-20-10-5-4-6-11-20/h4-16,18H,17H2,1-3H3. The number of aryl methyl sites for hydroxylation is 1. The summed E-state index contributed by atoms with van der Waals surface area (Å²) in [7, 11) is 0. The lowest BCUT2D eigenvalue weighted by Crippen LogP contribution is -1.95. The van der Waals surface area contributed by atoms with Crippen molar-refractivity contribution < 1.29 is 4.74 Å². The van der Waals surface area contributed by atoms with Crippen LogP contribution in [0.25, 0.3) is 0 Å². The van der Waals surface area contributed by atoms with Gasteiger partial charge in [0.25, 0.3) is 0 Å². The van der Waals surface area contributed by atoms with Gasteiger partial charge in [0.15, 0.2) is 0 Å². The maximum atomic E-state index is 5.91. The molecule has 0 heterocycles. The van der Waals surface area contributed by atoms with Gasteiger partial charge in [-0.15, -0.1) is 0 Å². The van der Waals surface area contributed by atoms with Crippen LogP contribution in [-0.2, 0) is 6.61 Å². The average Bonchev–Trinajstić information content (AvgIpc) is 2.66. The Kier molecular flexibility index (Phi) is 5.85. The fraction of sp³-hybridized carbons (Fsp3) is 0.208. The number of ether oxygens (including phenoxy) is 1. The summed E-state index contributed by atoms with van der Waals surface area (Å²) in [6, 6.07) is 24.6. The van der Waals surface area contributed by atoms with Gasteiger partial charge >= 0.3 is 0 Å². The summed E-state index contributed by atoms with van der Waals surface area (Å²) in [5.41, 5.74) is 5.74. The van der Waals surface area contributed by atoms with E-state index in [4.69, 9.17) is 9.73 Å². The van der Waals surface area contributed by atoms with Crippen molar-refractivity contribution in [1.29, 1.82) is 0 Å². The number of nitrogens with zero attached hydrogens (tertiary/aromatic N) is 1. The van der Waals surface area contributed by atoms with E-state index in [0.717, 1.165) is 22.6 Å². The second-order valence-corrected chi connectivity index (χ2v) is 6.77. The Balaban J connectivity index is 1.76. The Labute approximate surface area is 156 Å². The number of benzene rings is 3. The van der Waals surface area contributed by atoms with Crippen LogP contribution < -0.4 is 4.74 Å². The van der Waals surface area contributed by atoms with E-state index in [1.165, 1.54) is 11.1 Å². The van der Waals surface area contributed by atoms with Gasteiger partial charge in [-0.05, 0) is 47.2 Å². The molecule has 0 atom stereocenters. The minimum absolute atomic E-state index is 0.447. The van der Waals surface area contributed by atoms with Gasteiger partial charge in [0.05, 0.1) is 5.69 Å². The maximum absolute atomic E-state index is 5.91. The van der Waals surface area contributed by atoms with Gasteiger partial charge in [-0.2, -0.15) is 0 Å². The van der Waals surface area contributed by atoms with Crippen molar-refractivity contribution in [3.8, 4) is 5.75 Å². The molecule has 2 heteroatoms. The molecule has 0 spiro atoms. The second kappa shape index (κ2) is 8.48. The van der Waals surface area contributed by atoms with Crippen LogP contribution in [0.4, 0.5) is 5.69 Å². The summed E-state index contributed by atoms with van der Waals surface area (Å²) in [5.74, 6) is 1.30. The van der Waals surface area contributed by atoms with E-state index in [-0.39, 0.29) is 0 Å². The summed E-state index contributed by atoms with van der Waals surface area (Å²) in [6.07, 6.45) is 1.92. The largest absolute Gasteiger partial charge is 0.489 e. The Hall–Kier alpha value is -2.87. The zero-order valence-corrected chi connectivity index (χ0v) is 15.6. The molecule has 0 unspecified atom stereocenters. The Morgan fingerprint density at radius 1 is 0.923 bits per heavy atom. The molecular formula is C24H25NO. The summed E-state index contributed by atoms with van der Waals surface area (Å²) in [6.45, 7) is 7.08. The maximum Gasteiger partial charge on any atom is 0.120 e. The fourth-order valence-corrected chi connectivity index (χ4v) is 2.89. The van der Waals surface area contributed by atoms with Crippen molar-refractivity contribution in [3.05, 3.63) is 95.1 Å². The van der Waals surface area contributed by atoms with Crippen LogP contribution in [0.5, 0.6) is 5.75 Å². The Morgan fingerprint density at radius 2 is 1.69 bits per heavy atom. The molecule has 26 heavy (non-hydrogen) atoms. The number of rotatable bonds is 6. The molecule has 0 saturated heterocycles. The molecule has 0 aromatic heterocycles. The first-order chi connectivity index (χ1) is 12.6. The topological polar surface area (TPSA) is 21.6 Å². The Bertz CT molecular complexity index is 882. The van der Waals surface area contributed by atoms with Crippen molar-refractivity contribution >= 4 is 11.9 Å². The highest BCUT2D eigenvalue weighted by Gasteiger charge is 2.07. The molecule has 0 aliphatic carbocycles. The molecular weight excluding hydrogens is 318 g/mol. The Morgan fingerprint density at radius 3 is 2.46 bits per heavy atom. The molecule has 0 aliphatic rings. The zero-order chi connectivity index (χ0) is 18.4. The summed E-state index contributed by atoms with van der Waals surface area (Å²) in [5, 5.41) is 0. The minimum atomic E-state index is 0.447. The molecule has 0 fully saturated rings. The molecule has 0 bridgehead atoms. The lowest BCUT2D eigenvalue weighted by atomic mass is 9.98. The molecule has 0 N–H and O–H groups in total. The van der Waals surface area contributed by atoms with Crippen LogP contribution in [0.1, 0.15) is 42.0 Å². The molecule has 0 aliphatic heterocycles. The van der Waals surface area contributed by atoms with Gasteiger partial charge in [0, 0.05) is 6.21 Å². The van der Waals surface area contributed by atoms with Gasteiger partial charge in [0.1, 0.15) is 12.4 Å². The summed E-state index contributed by atoms with van der Waals surface area (Å²) < 4.78 is 5.91. The van der Waals surface area contributed by atoms with Gasteiger partial charge in [0.2, 0.25) is 0 Å². The summed E-state index contributed by atoms with van der Waals surface area (Å²) in [4.78, 5) is 4.78. The fourth-order valence-electron chi connectivity index (χ4n) is 2.89. The highest BCUT2D eigenvalue weighted by atomic mass is 16.5. The molecule has 3 rings (SSSR count). The molecule has 3 aromatic rings. The average molecular weight is 343 g/mol. The number of aliphatic imine (C=N–C) groups is 1. The molecule has 0 amide bonds. The highest BCUT2D eigenvalue weighted by Crippen LogP contribution is 2.30. The predicted molar refractivity (Wildman–Crippen MR) is 110 cm³/mol. The van der Waals surface area contributed by atoms with E-state index in [2.05, 4.69) is 51.1 Å².